The van der Waals surface area contributed by atoms with Gasteiger partial charge < -0.3 is 9.47 Å². The second kappa shape index (κ2) is 6.55. The summed E-state index contributed by atoms with van der Waals surface area (Å²) in [4.78, 5) is 2.41. The molecule has 0 saturated carbocycles. The van der Waals surface area contributed by atoms with E-state index in [4.69, 9.17) is 9.47 Å². The molecular weight excluding hydrogens is 294 g/mol. The summed E-state index contributed by atoms with van der Waals surface area (Å²) in [5.74, 6) is 0.913. The van der Waals surface area contributed by atoms with Crippen molar-refractivity contribution in [1.82, 2.24) is 4.90 Å². The van der Waals surface area contributed by atoms with Gasteiger partial charge in [0.2, 0.25) is 0 Å². The van der Waals surface area contributed by atoms with E-state index in [1.54, 1.807) is 0 Å². The molecule has 4 heteroatoms. The van der Waals surface area contributed by atoms with Gasteiger partial charge in [0, 0.05) is 19.6 Å². The number of rotatable bonds is 4. The summed E-state index contributed by atoms with van der Waals surface area (Å²) in [6, 6.07) is 6.32. The summed E-state index contributed by atoms with van der Waals surface area (Å²) in [7, 11) is 0. The standard InChI is InChI=1S/C14H20BrNO2/c1-11(2)18-14-4-3-12(9-13(14)15)10-16-5-7-17-8-6-16/h3-4,9,11H,5-8,10H2,1-2H3. The van der Waals surface area contributed by atoms with Gasteiger partial charge in [0.1, 0.15) is 5.75 Å². The van der Waals surface area contributed by atoms with Crippen LogP contribution in [0.4, 0.5) is 0 Å². The number of benzene rings is 1. The predicted octanol–water partition coefficient (Wildman–Crippen LogP) is 3.07. The number of hydrogen-bond donors (Lipinski definition) is 0. The van der Waals surface area contributed by atoms with Crippen molar-refractivity contribution in [3.8, 4) is 5.75 Å². The molecule has 0 radical (unpaired) electrons. The zero-order chi connectivity index (χ0) is 13.0. The van der Waals surface area contributed by atoms with Crippen LogP contribution in [0.25, 0.3) is 0 Å². The van der Waals surface area contributed by atoms with Crippen LogP contribution in [0, 0.1) is 0 Å². The first-order chi connectivity index (χ1) is 8.65. The highest BCUT2D eigenvalue weighted by molar-refractivity contribution is 9.10. The maximum atomic E-state index is 5.71. The average Bonchev–Trinajstić information content (AvgIpc) is 2.33. The van der Waals surface area contributed by atoms with Gasteiger partial charge in [-0.3, -0.25) is 4.90 Å². The molecule has 0 spiro atoms. The van der Waals surface area contributed by atoms with Crippen LogP contribution in [0.3, 0.4) is 0 Å². The second-order valence-electron chi connectivity index (χ2n) is 4.82. The van der Waals surface area contributed by atoms with E-state index < -0.39 is 0 Å². The van der Waals surface area contributed by atoms with E-state index >= 15 is 0 Å². The Morgan fingerprint density at radius 2 is 2.06 bits per heavy atom. The molecule has 0 aromatic heterocycles. The van der Waals surface area contributed by atoms with Crippen LogP contribution in [0.1, 0.15) is 19.4 Å². The van der Waals surface area contributed by atoms with Crippen molar-refractivity contribution in [2.45, 2.75) is 26.5 Å². The smallest absolute Gasteiger partial charge is 0.133 e. The lowest BCUT2D eigenvalue weighted by Gasteiger charge is -2.26. The lowest BCUT2D eigenvalue weighted by Crippen LogP contribution is -2.35. The Labute approximate surface area is 117 Å². The fourth-order valence-electron chi connectivity index (χ4n) is 2.01. The van der Waals surface area contributed by atoms with Crippen LogP contribution in [0.5, 0.6) is 5.75 Å². The lowest BCUT2D eigenvalue weighted by atomic mass is 10.2. The number of hydrogen-bond acceptors (Lipinski definition) is 3. The highest BCUT2D eigenvalue weighted by atomic mass is 79.9. The molecule has 0 N–H and O–H groups in total. The molecule has 0 unspecified atom stereocenters. The van der Waals surface area contributed by atoms with Crippen LogP contribution in [-0.4, -0.2) is 37.3 Å². The molecule has 1 fully saturated rings. The third kappa shape index (κ3) is 3.97. The zero-order valence-electron chi connectivity index (χ0n) is 11.0. The van der Waals surface area contributed by atoms with E-state index in [-0.39, 0.29) is 6.10 Å². The summed E-state index contributed by atoms with van der Waals surface area (Å²) in [6.07, 6.45) is 0.200. The highest BCUT2D eigenvalue weighted by Gasteiger charge is 2.12. The molecule has 1 aliphatic rings. The summed E-state index contributed by atoms with van der Waals surface area (Å²) in [5, 5.41) is 0. The maximum Gasteiger partial charge on any atom is 0.133 e. The fraction of sp³-hybridized carbons (Fsp3) is 0.571. The molecule has 1 aromatic rings. The number of halogens is 1. The molecule has 0 atom stereocenters. The molecule has 1 heterocycles. The van der Waals surface area contributed by atoms with Crippen molar-refractivity contribution in [3.63, 3.8) is 0 Å². The number of ether oxygens (including phenoxy) is 2. The average molecular weight is 314 g/mol. The van der Waals surface area contributed by atoms with Gasteiger partial charge in [-0.25, -0.2) is 0 Å². The Morgan fingerprint density at radius 1 is 1.33 bits per heavy atom. The Bertz CT molecular complexity index is 389. The van der Waals surface area contributed by atoms with Crippen LogP contribution in [0.2, 0.25) is 0 Å². The predicted molar refractivity (Wildman–Crippen MR) is 76.0 cm³/mol. The van der Waals surface area contributed by atoms with Gasteiger partial charge in [-0.15, -0.1) is 0 Å². The van der Waals surface area contributed by atoms with E-state index in [0.717, 1.165) is 43.1 Å². The van der Waals surface area contributed by atoms with Crippen LogP contribution in [-0.2, 0) is 11.3 Å². The number of morpholine rings is 1. The van der Waals surface area contributed by atoms with Crippen molar-refractivity contribution in [1.29, 1.82) is 0 Å². The first-order valence-corrected chi connectivity index (χ1v) is 7.19. The molecule has 0 bridgehead atoms. The van der Waals surface area contributed by atoms with Gasteiger partial charge in [0.05, 0.1) is 23.8 Å². The van der Waals surface area contributed by atoms with Crippen LogP contribution in [0.15, 0.2) is 22.7 Å². The molecule has 1 aliphatic heterocycles. The van der Waals surface area contributed by atoms with Crippen LogP contribution < -0.4 is 4.74 Å². The molecule has 0 amide bonds. The quantitative estimate of drug-likeness (QED) is 0.852. The van der Waals surface area contributed by atoms with E-state index in [1.165, 1.54) is 5.56 Å². The minimum Gasteiger partial charge on any atom is -0.490 e. The van der Waals surface area contributed by atoms with Gasteiger partial charge in [-0.2, -0.15) is 0 Å². The van der Waals surface area contributed by atoms with E-state index in [9.17, 15) is 0 Å². The van der Waals surface area contributed by atoms with Crippen molar-refractivity contribution >= 4 is 15.9 Å². The lowest BCUT2D eigenvalue weighted by molar-refractivity contribution is 0.0342. The van der Waals surface area contributed by atoms with Gasteiger partial charge in [0.15, 0.2) is 0 Å². The summed E-state index contributed by atoms with van der Waals surface area (Å²) >= 11 is 3.57. The molecule has 2 rings (SSSR count). The second-order valence-corrected chi connectivity index (χ2v) is 5.67. The fourth-order valence-corrected chi connectivity index (χ4v) is 2.53. The van der Waals surface area contributed by atoms with E-state index in [2.05, 4.69) is 33.0 Å². The van der Waals surface area contributed by atoms with Crippen LogP contribution >= 0.6 is 15.9 Å². The third-order valence-corrected chi connectivity index (χ3v) is 3.49. The maximum absolute atomic E-state index is 5.71. The molecule has 1 aromatic carbocycles. The molecule has 0 aliphatic carbocycles. The Morgan fingerprint density at radius 3 is 2.67 bits per heavy atom. The van der Waals surface area contributed by atoms with Crippen molar-refractivity contribution in [3.05, 3.63) is 28.2 Å². The normalized spacial score (nSPS) is 17.1. The Balaban J connectivity index is 1.99. The third-order valence-electron chi connectivity index (χ3n) is 2.87. The van der Waals surface area contributed by atoms with Gasteiger partial charge in [0.25, 0.3) is 0 Å². The first-order valence-electron chi connectivity index (χ1n) is 6.40. The summed E-state index contributed by atoms with van der Waals surface area (Å²) in [6.45, 7) is 8.77. The molecule has 3 nitrogen and oxygen atoms in total. The summed E-state index contributed by atoms with van der Waals surface area (Å²) < 4.78 is 12.1. The molecular formula is C14H20BrNO2. The molecule has 1 saturated heterocycles. The SMILES string of the molecule is CC(C)Oc1ccc(CN2CCOCC2)cc1Br. The van der Waals surface area contributed by atoms with E-state index in [0.29, 0.717) is 0 Å². The number of nitrogens with zero attached hydrogens (tertiary/aromatic N) is 1. The Hall–Kier alpha value is -0.580. The van der Waals surface area contributed by atoms with Gasteiger partial charge >= 0.3 is 0 Å². The molecule has 18 heavy (non-hydrogen) atoms. The zero-order valence-corrected chi connectivity index (χ0v) is 12.6. The highest BCUT2D eigenvalue weighted by Crippen LogP contribution is 2.27. The van der Waals surface area contributed by atoms with Gasteiger partial charge in [-0.05, 0) is 47.5 Å². The molecule has 100 valence electrons. The van der Waals surface area contributed by atoms with Crippen molar-refractivity contribution < 1.29 is 9.47 Å². The first kappa shape index (κ1) is 13.8. The minimum absolute atomic E-state index is 0.200. The minimum atomic E-state index is 0.200. The Kier molecular flexibility index (Phi) is 5.03. The monoisotopic (exact) mass is 313 g/mol. The van der Waals surface area contributed by atoms with E-state index in [1.807, 2.05) is 19.9 Å². The van der Waals surface area contributed by atoms with Crippen molar-refractivity contribution in [2.24, 2.45) is 0 Å². The van der Waals surface area contributed by atoms with Gasteiger partial charge in [-0.1, -0.05) is 6.07 Å². The largest absolute Gasteiger partial charge is 0.490 e. The topological polar surface area (TPSA) is 21.7 Å². The summed E-state index contributed by atoms with van der Waals surface area (Å²) in [5.41, 5.74) is 1.31. The van der Waals surface area contributed by atoms with Crippen molar-refractivity contribution in [2.75, 3.05) is 26.3 Å².